The molecule has 2 rings (SSSR count). The normalized spacial score (nSPS) is 12.9. The summed E-state index contributed by atoms with van der Waals surface area (Å²) in [5.74, 6) is -0.322. The zero-order valence-electron chi connectivity index (χ0n) is 16.7. The van der Waals surface area contributed by atoms with E-state index in [1.807, 2.05) is 38.1 Å². The monoisotopic (exact) mass is 498 g/mol. The van der Waals surface area contributed by atoms with Crippen LogP contribution in [-0.4, -0.2) is 28.8 Å². The molecule has 2 aromatic rings. The van der Waals surface area contributed by atoms with Crippen LogP contribution in [0.4, 0.5) is 0 Å². The zero-order valence-corrected chi connectivity index (χ0v) is 19.8. The van der Waals surface area contributed by atoms with Crippen LogP contribution in [0, 0.1) is 0 Å². The van der Waals surface area contributed by atoms with Gasteiger partial charge < -0.3 is 10.2 Å². The quantitative estimate of drug-likeness (QED) is 0.511. The largest absolute Gasteiger partial charge is 0.352 e. The van der Waals surface area contributed by atoms with Crippen molar-refractivity contribution in [2.24, 2.45) is 0 Å². The molecule has 1 N–H and O–H groups in total. The van der Waals surface area contributed by atoms with Crippen molar-refractivity contribution in [1.29, 1.82) is 0 Å². The molecule has 0 fully saturated rings. The van der Waals surface area contributed by atoms with Crippen LogP contribution < -0.4 is 5.32 Å². The topological polar surface area (TPSA) is 49.4 Å². The molecule has 0 aliphatic rings. The molecule has 2 aromatic carbocycles. The molecular weight excluding hydrogens is 475 g/mol. The Bertz CT molecular complexity index is 858. The molecule has 2 amide bonds. The van der Waals surface area contributed by atoms with Gasteiger partial charge in [-0.2, -0.15) is 0 Å². The van der Waals surface area contributed by atoms with Crippen LogP contribution in [0.2, 0.25) is 10.0 Å². The molecule has 156 valence electrons. The van der Waals surface area contributed by atoms with E-state index in [1.165, 1.54) is 0 Å². The summed E-state index contributed by atoms with van der Waals surface area (Å²) in [5, 5.41) is 3.80. The smallest absolute Gasteiger partial charge is 0.242 e. The summed E-state index contributed by atoms with van der Waals surface area (Å²) < 4.78 is 0.956. The van der Waals surface area contributed by atoms with E-state index < -0.39 is 6.04 Å². The van der Waals surface area contributed by atoms with Crippen molar-refractivity contribution in [1.82, 2.24) is 10.2 Å². The highest BCUT2D eigenvalue weighted by Gasteiger charge is 2.27. The standard InChI is InChI=1S/C22H25BrCl2N2O2/c1-4-14(2)26-22(29)15(3)27(13-16-5-8-18(23)9-6-16)21(28)12-17-7-10-19(24)20(25)11-17/h5-11,14-15H,4,12-13H2,1-3H3,(H,26,29)/t14-,15+/m0/s1. The molecule has 0 unspecified atom stereocenters. The van der Waals surface area contributed by atoms with E-state index >= 15 is 0 Å². The lowest BCUT2D eigenvalue weighted by atomic mass is 10.1. The average molecular weight is 500 g/mol. The second kappa shape index (κ2) is 11.0. The first kappa shape index (κ1) is 23.7. The maximum absolute atomic E-state index is 13.1. The van der Waals surface area contributed by atoms with Crippen molar-refractivity contribution in [2.75, 3.05) is 0 Å². The Balaban J connectivity index is 2.23. The van der Waals surface area contributed by atoms with E-state index in [-0.39, 0.29) is 24.3 Å². The third kappa shape index (κ3) is 7.02. The first-order valence-electron chi connectivity index (χ1n) is 9.49. The maximum Gasteiger partial charge on any atom is 0.242 e. The number of nitrogens with one attached hydrogen (secondary N) is 1. The molecule has 2 atom stereocenters. The fraction of sp³-hybridized carbons (Fsp3) is 0.364. The molecule has 0 aromatic heterocycles. The molecule has 29 heavy (non-hydrogen) atoms. The Morgan fingerprint density at radius 2 is 1.66 bits per heavy atom. The van der Waals surface area contributed by atoms with Gasteiger partial charge in [-0.25, -0.2) is 0 Å². The number of carbonyl (C=O) groups is 2. The first-order chi connectivity index (χ1) is 13.7. The molecular formula is C22H25BrCl2N2O2. The van der Waals surface area contributed by atoms with Gasteiger partial charge in [-0.15, -0.1) is 0 Å². The van der Waals surface area contributed by atoms with E-state index in [1.54, 1.807) is 30.0 Å². The molecule has 0 spiro atoms. The third-order valence-corrected chi connectivity index (χ3v) is 6.04. The van der Waals surface area contributed by atoms with Crippen molar-refractivity contribution in [3.05, 3.63) is 68.1 Å². The Hall–Kier alpha value is -1.56. The van der Waals surface area contributed by atoms with Crippen molar-refractivity contribution in [3.63, 3.8) is 0 Å². The number of halogens is 3. The Morgan fingerprint density at radius 3 is 2.24 bits per heavy atom. The average Bonchev–Trinajstić information content (AvgIpc) is 2.69. The number of nitrogens with zero attached hydrogens (tertiary/aromatic N) is 1. The molecule has 0 aliphatic carbocycles. The molecule has 4 nitrogen and oxygen atoms in total. The maximum atomic E-state index is 13.1. The SMILES string of the molecule is CC[C@H](C)NC(=O)[C@@H](C)N(Cc1ccc(Br)cc1)C(=O)Cc1ccc(Cl)c(Cl)c1. The van der Waals surface area contributed by atoms with Gasteiger partial charge >= 0.3 is 0 Å². The number of hydrogen-bond donors (Lipinski definition) is 1. The van der Waals surface area contributed by atoms with Crippen molar-refractivity contribution < 1.29 is 9.59 Å². The summed E-state index contributed by atoms with van der Waals surface area (Å²) in [5.41, 5.74) is 1.69. The second-order valence-electron chi connectivity index (χ2n) is 7.07. The minimum atomic E-state index is -0.608. The summed E-state index contributed by atoms with van der Waals surface area (Å²) >= 11 is 15.5. The van der Waals surface area contributed by atoms with Crippen LogP contribution in [0.1, 0.15) is 38.3 Å². The Morgan fingerprint density at radius 1 is 1.03 bits per heavy atom. The summed E-state index contributed by atoms with van der Waals surface area (Å²) in [6.07, 6.45) is 0.955. The highest BCUT2D eigenvalue weighted by atomic mass is 79.9. The van der Waals surface area contributed by atoms with Gasteiger partial charge in [0.2, 0.25) is 11.8 Å². The van der Waals surface area contributed by atoms with E-state index in [2.05, 4.69) is 21.2 Å². The van der Waals surface area contributed by atoms with Gasteiger partial charge in [-0.3, -0.25) is 9.59 Å². The van der Waals surface area contributed by atoms with Crippen LogP contribution in [0.15, 0.2) is 46.9 Å². The van der Waals surface area contributed by atoms with Crippen molar-refractivity contribution >= 4 is 50.9 Å². The van der Waals surface area contributed by atoms with Crippen molar-refractivity contribution in [2.45, 2.75) is 52.2 Å². The predicted octanol–water partition coefficient (Wildman–Crippen LogP) is 5.63. The lowest BCUT2D eigenvalue weighted by molar-refractivity contribution is -0.140. The summed E-state index contributed by atoms with van der Waals surface area (Å²) in [6, 6.07) is 12.3. The fourth-order valence-corrected chi connectivity index (χ4v) is 3.35. The van der Waals surface area contributed by atoms with Crippen molar-refractivity contribution in [3.8, 4) is 0 Å². The second-order valence-corrected chi connectivity index (χ2v) is 8.80. The van der Waals surface area contributed by atoms with Crippen LogP contribution in [0.25, 0.3) is 0 Å². The lowest BCUT2D eigenvalue weighted by Gasteiger charge is -2.30. The third-order valence-electron chi connectivity index (χ3n) is 4.77. The van der Waals surface area contributed by atoms with Gasteiger partial charge in [0.1, 0.15) is 6.04 Å². The van der Waals surface area contributed by atoms with E-state index in [0.29, 0.717) is 16.6 Å². The van der Waals surface area contributed by atoms with Crippen LogP contribution in [0.5, 0.6) is 0 Å². The minimum absolute atomic E-state index is 0.0460. The van der Waals surface area contributed by atoms with Gasteiger partial charge in [0, 0.05) is 17.1 Å². The van der Waals surface area contributed by atoms with Gasteiger partial charge in [-0.1, -0.05) is 64.3 Å². The molecule has 0 radical (unpaired) electrons. The fourth-order valence-electron chi connectivity index (χ4n) is 2.76. The van der Waals surface area contributed by atoms with E-state index in [4.69, 9.17) is 23.2 Å². The highest BCUT2D eigenvalue weighted by Crippen LogP contribution is 2.23. The van der Waals surface area contributed by atoms with Crippen LogP contribution in [0.3, 0.4) is 0 Å². The summed E-state index contributed by atoms with van der Waals surface area (Å²) in [7, 11) is 0. The zero-order chi connectivity index (χ0) is 21.6. The molecule has 0 heterocycles. The van der Waals surface area contributed by atoms with Crippen LogP contribution in [-0.2, 0) is 22.6 Å². The number of hydrogen-bond acceptors (Lipinski definition) is 2. The molecule has 0 saturated carbocycles. The van der Waals surface area contributed by atoms with Gasteiger partial charge in [0.05, 0.1) is 16.5 Å². The molecule has 0 bridgehead atoms. The van der Waals surface area contributed by atoms with Gasteiger partial charge in [0.25, 0.3) is 0 Å². The summed E-state index contributed by atoms with van der Waals surface area (Å²) in [6.45, 7) is 6.04. The minimum Gasteiger partial charge on any atom is -0.352 e. The predicted molar refractivity (Wildman–Crippen MR) is 122 cm³/mol. The first-order valence-corrected chi connectivity index (χ1v) is 11.0. The number of amides is 2. The van der Waals surface area contributed by atoms with E-state index in [9.17, 15) is 9.59 Å². The van der Waals surface area contributed by atoms with Gasteiger partial charge in [-0.05, 0) is 55.7 Å². The molecule has 7 heteroatoms. The molecule has 0 saturated heterocycles. The lowest BCUT2D eigenvalue weighted by Crippen LogP contribution is -2.49. The Labute approximate surface area is 190 Å². The number of rotatable bonds is 8. The van der Waals surface area contributed by atoms with Crippen LogP contribution >= 0.6 is 39.1 Å². The highest BCUT2D eigenvalue weighted by molar-refractivity contribution is 9.10. The van der Waals surface area contributed by atoms with E-state index in [0.717, 1.165) is 22.0 Å². The summed E-state index contributed by atoms with van der Waals surface area (Å²) in [4.78, 5) is 27.4. The number of benzene rings is 2. The molecule has 0 aliphatic heterocycles. The van der Waals surface area contributed by atoms with Gasteiger partial charge in [0.15, 0.2) is 0 Å². The number of carbonyl (C=O) groups excluding carboxylic acids is 2. The Kier molecular flexibility index (Phi) is 9.00.